The van der Waals surface area contributed by atoms with Crippen LogP contribution in [0, 0.1) is 0 Å². The van der Waals surface area contributed by atoms with Gasteiger partial charge in [-0.2, -0.15) is 5.10 Å². The molecule has 0 atom stereocenters. The molecule has 0 aliphatic heterocycles. The molecule has 0 saturated heterocycles. The SMILES string of the molecule is Cn1ncc(NC(=O)OCc2ccccc2)c1Cl. The lowest BCUT2D eigenvalue weighted by atomic mass is 10.2. The van der Waals surface area contributed by atoms with Crippen LogP contribution in [0.15, 0.2) is 36.5 Å². The minimum atomic E-state index is -0.561. The molecule has 1 aromatic carbocycles. The predicted octanol–water partition coefficient (Wildman–Crippen LogP) is 2.82. The van der Waals surface area contributed by atoms with Crippen LogP contribution in [0.4, 0.5) is 10.5 Å². The minimum absolute atomic E-state index is 0.213. The molecular formula is C12H12ClN3O2. The van der Waals surface area contributed by atoms with E-state index in [-0.39, 0.29) is 6.61 Å². The van der Waals surface area contributed by atoms with Crippen LogP contribution in [0.5, 0.6) is 0 Å². The Balaban J connectivity index is 1.88. The molecule has 0 spiro atoms. The molecule has 2 rings (SSSR count). The Hall–Kier alpha value is -2.01. The fourth-order valence-corrected chi connectivity index (χ4v) is 1.52. The average molecular weight is 266 g/mol. The molecule has 5 nitrogen and oxygen atoms in total. The number of benzene rings is 1. The monoisotopic (exact) mass is 265 g/mol. The molecule has 1 N–H and O–H groups in total. The highest BCUT2D eigenvalue weighted by atomic mass is 35.5. The second kappa shape index (κ2) is 5.55. The number of hydrogen-bond acceptors (Lipinski definition) is 3. The number of halogens is 1. The van der Waals surface area contributed by atoms with E-state index in [2.05, 4.69) is 10.4 Å². The summed E-state index contributed by atoms with van der Waals surface area (Å²) in [6.45, 7) is 0.213. The maximum absolute atomic E-state index is 11.5. The van der Waals surface area contributed by atoms with Crippen LogP contribution in [-0.2, 0) is 18.4 Å². The van der Waals surface area contributed by atoms with E-state index in [1.54, 1.807) is 7.05 Å². The Morgan fingerprint density at radius 3 is 2.78 bits per heavy atom. The largest absolute Gasteiger partial charge is 0.444 e. The topological polar surface area (TPSA) is 56.2 Å². The van der Waals surface area contributed by atoms with Gasteiger partial charge in [-0.25, -0.2) is 4.79 Å². The van der Waals surface area contributed by atoms with Crippen molar-refractivity contribution in [3.8, 4) is 0 Å². The molecule has 0 bridgehead atoms. The van der Waals surface area contributed by atoms with Gasteiger partial charge in [0.25, 0.3) is 0 Å². The smallest absolute Gasteiger partial charge is 0.412 e. The molecule has 0 aliphatic rings. The van der Waals surface area contributed by atoms with E-state index in [0.717, 1.165) is 5.56 Å². The summed E-state index contributed by atoms with van der Waals surface area (Å²) >= 11 is 5.90. The zero-order chi connectivity index (χ0) is 13.0. The first-order valence-corrected chi connectivity index (χ1v) is 5.70. The predicted molar refractivity (Wildman–Crippen MR) is 68.5 cm³/mol. The fraction of sp³-hybridized carbons (Fsp3) is 0.167. The number of aryl methyl sites for hydroxylation is 1. The van der Waals surface area contributed by atoms with Gasteiger partial charge >= 0.3 is 6.09 Å². The van der Waals surface area contributed by atoms with Crippen molar-refractivity contribution in [3.63, 3.8) is 0 Å². The van der Waals surface area contributed by atoms with Gasteiger partial charge in [-0.1, -0.05) is 41.9 Å². The van der Waals surface area contributed by atoms with Crippen molar-refractivity contribution in [2.75, 3.05) is 5.32 Å². The molecule has 1 heterocycles. The highest BCUT2D eigenvalue weighted by Gasteiger charge is 2.10. The standard InChI is InChI=1S/C12H12ClN3O2/c1-16-11(13)10(7-14-16)15-12(17)18-8-9-5-3-2-4-6-9/h2-7H,8H2,1H3,(H,15,17). The summed E-state index contributed by atoms with van der Waals surface area (Å²) in [5, 5.41) is 6.78. The highest BCUT2D eigenvalue weighted by molar-refractivity contribution is 6.32. The Kier molecular flexibility index (Phi) is 3.84. The summed E-state index contributed by atoms with van der Waals surface area (Å²) in [5.74, 6) is 0. The molecular weight excluding hydrogens is 254 g/mol. The first-order valence-electron chi connectivity index (χ1n) is 5.32. The molecule has 1 aromatic heterocycles. The second-order valence-corrected chi connectivity index (χ2v) is 4.02. The number of rotatable bonds is 3. The van der Waals surface area contributed by atoms with E-state index in [0.29, 0.717) is 10.8 Å². The van der Waals surface area contributed by atoms with E-state index in [9.17, 15) is 4.79 Å². The number of hydrogen-bond donors (Lipinski definition) is 1. The van der Waals surface area contributed by atoms with Crippen LogP contribution in [0.3, 0.4) is 0 Å². The summed E-state index contributed by atoms with van der Waals surface area (Å²) in [6, 6.07) is 9.43. The molecule has 0 saturated carbocycles. The second-order valence-electron chi connectivity index (χ2n) is 3.66. The van der Waals surface area contributed by atoms with Crippen molar-refractivity contribution in [1.82, 2.24) is 9.78 Å². The van der Waals surface area contributed by atoms with Crippen LogP contribution in [0.25, 0.3) is 0 Å². The summed E-state index contributed by atoms with van der Waals surface area (Å²) in [4.78, 5) is 11.5. The van der Waals surface area contributed by atoms with Crippen LogP contribution in [0.2, 0.25) is 5.15 Å². The zero-order valence-electron chi connectivity index (χ0n) is 9.76. The van der Waals surface area contributed by atoms with Gasteiger partial charge in [0.1, 0.15) is 12.3 Å². The zero-order valence-corrected chi connectivity index (χ0v) is 10.5. The van der Waals surface area contributed by atoms with Gasteiger partial charge in [0, 0.05) is 7.05 Å². The summed E-state index contributed by atoms with van der Waals surface area (Å²) < 4.78 is 6.50. The molecule has 94 valence electrons. The number of carbonyl (C=O) groups is 1. The maximum atomic E-state index is 11.5. The van der Waals surface area contributed by atoms with Gasteiger partial charge in [-0.15, -0.1) is 0 Å². The third kappa shape index (κ3) is 3.01. The molecule has 6 heteroatoms. The number of nitrogens with zero attached hydrogens (tertiary/aromatic N) is 2. The van der Waals surface area contributed by atoms with Gasteiger partial charge in [-0.3, -0.25) is 10.00 Å². The molecule has 0 unspecified atom stereocenters. The van der Waals surface area contributed by atoms with E-state index >= 15 is 0 Å². The lowest BCUT2D eigenvalue weighted by Gasteiger charge is -2.05. The molecule has 18 heavy (non-hydrogen) atoms. The minimum Gasteiger partial charge on any atom is -0.444 e. The Labute approximate surface area is 109 Å². The molecule has 1 amide bonds. The first-order chi connectivity index (χ1) is 8.66. The number of anilines is 1. The van der Waals surface area contributed by atoms with Gasteiger partial charge in [0.15, 0.2) is 5.15 Å². The summed E-state index contributed by atoms with van der Waals surface area (Å²) in [6.07, 6.45) is 0.903. The molecule has 0 aliphatic carbocycles. The van der Waals surface area contributed by atoms with Crippen molar-refractivity contribution < 1.29 is 9.53 Å². The van der Waals surface area contributed by atoms with Crippen molar-refractivity contribution in [3.05, 3.63) is 47.2 Å². The molecule has 2 aromatic rings. The lowest BCUT2D eigenvalue weighted by Crippen LogP contribution is -2.13. The van der Waals surface area contributed by atoms with Gasteiger partial charge in [0.05, 0.1) is 6.20 Å². The lowest BCUT2D eigenvalue weighted by molar-refractivity contribution is 0.155. The van der Waals surface area contributed by atoms with Crippen LogP contribution in [0.1, 0.15) is 5.56 Å². The van der Waals surface area contributed by atoms with E-state index in [1.807, 2.05) is 30.3 Å². The van der Waals surface area contributed by atoms with Crippen molar-refractivity contribution in [1.29, 1.82) is 0 Å². The van der Waals surface area contributed by atoms with Crippen LogP contribution >= 0.6 is 11.6 Å². The fourth-order valence-electron chi connectivity index (χ4n) is 1.38. The van der Waals surface area contributed by atoms with Crippen molar-refractivity contribution >= 4 is 23.4 Å². The number of ether oxygens (including phenoxy) is 1. The third-order valence-corrected chi connectivity index (χ3v) is 2.76. The molecule has 0 fully saturated rings. The van der Waals surface area contributed by atoms with Gasteiger partial charge in [-0.05, 0) is 5.56 Å². The highest BCUT2D eigenvalue weighted by Crippen LogP contribution is 2.19. The number of carbonyl (C=O) groups excluding carboxylic acids is 1. The van der Waals surface area contributed by atoms with E-state index < -0.39 is 6.09 Å². The van der Waals surface area contributed by atoms with E-state index in [1.165, 1.54) is 10.9 Å². The van der Waals surface area contributed by atoms with Gasteiger partial charge in [0.2, 0.25) is 0 Å². The molecule has 0 radical (unpaired) electrons. The van der Waals surface area contributed by atoms with E-state index in [4.69, 9.17) is 16.3 Å². The quantitative estimate of drug-likeness (QED) is 0.928. The van der Waals surface area contributed by atoms with Crippen molar-refractivity contribution in [2.24, 2.45) is 7.05 Å². The Morgan fingerprint density at radius 2 is 2.17 bits per heavy atom. The summed E-state index contributed by atoms with van der Waals surface area (Å²) in [7, 11) is 1.68. The first kappa shape index (κ1) is 12.4. The number of amides is 1. The average Bonchev–Trinajstić information content (AvgIpc) is 2.70. The normalized spacial score (nSPS) is 10.1. The Bertz CT molecular complexity index is 540. The maximum Gasteiger partial charge on any atom is 0.412 e. The summed E-state index contributed by atoms with van der Waals surface area (Å²) in [5.41, 5.74) is 1.35. The van der Waals surface area contributed by atoms with Crippen molar-refractivity contribution in [2.45, 2.75) is 6.61 Å². The number of nitrogens with one attached hydrogen (secondary N) is 1. The van der Waals surface area contributed by atoms with Crippen LogP contribution < -0.4 is 5.32 Å². The van der Waals surface area contributed by atoms with Gasteiger partial charge < -0.3 is 4.74 Å². The third-order valence-electron chi connectivity index (χ3n) is 2.32. The number of aromatic nitrogens is 2. The van der Waals surface area contributed by atoms with Crippen LogP contribution in [-0.4, -0.2) is 15.9 Å². The Morgan fingerprint density at radius 1 is 1.44 bits per heavy atom.